The van der Waals surface area contributed by atoms with E-state index in [2.05, 4.69) is 111 Å². The Kier molecular flexibility index (Phi) is 51.3. The predicted molar refractivity (Wildman–Crippen MR) is 170 cm³/mol. The Bertz CT molecular complexity index is 289. The molecule has 0 rings (SSSR count). The Labute approximate surface area is 252 Å². The SMILES string of the molecule is CC[N+](CC)(CC)CC.CC[N+](CC)(CC)CC.CC[N+](CC)(CC)CC.CC[N+](CC)(CC)CC.[F-].[F-].[F-].[F-]. The minimum absolute atomic E-state index is 0. The Hall–Kier alpha value is -0.440. The van der Waals surface area contributed by atoms with Crippen molar-refractivity contribution < 1.29 is 36.7 Å². The molecular formula is C32H80F4N4. The molecule has 0 saturated carbocycles. The number of quaternary nitrogens is 4. The number of halogens is 4. The zero-order valence-electron chi connectivity index (χ0n) is 30.6. The van der Waals surface area contributed by atoms with E-state index in [1.165, 1.54) is 123 Å². The van der Waals surface area contributed by atoms with Crippen LogP contribution in [0.25, 0.3) is 0 Å². The van der Waals surface area contributed by atoms with Crippen LogP contribution in [0.1, 0.15) is 111 Å². The van der Waals surface area contributed by atoms with Crippen molar-refractivity contribution >= 4 is 0 Å². The quantitative estimate of drug-likeness (QED) is 0.125. The Morgan fingerprint density at radius 3 is 0.225 bits per heavy atom. The lowest BCUT2D eigenvalue weighted by Gasteiger charge is -2.34. The summed E-state index contributed by atoms with van der Waals surface area (Å²) in [5.41, 5.74) is 0. The van der Waals surface area contributed by atoms with Gasteiger partial charge in [-0.25, -0.2) is 0 Å². The molecule has 4 nitrogen and oxygen atoms in total. The normalized spacial score (nSPS) is 10.8. The number of hydrogen-bond donors (Lipinski definition) is 0. The molecule has 0 atom stereocenters. The molecule has 0 aliphatic rings. The van der Waals surface area contributed by atoms with E-state index in [1.807, 2.05) is 0 Å². The van der Waals surface area contributed by atoms with E-state index in [9.17, 15) is 0 Å². The van der Waals surface area contributed by atoms with Crippen molar-refractivity contribution in [2.75, 3.05) is 105 Å². The van der Waals surface area contributed by atoms with Crippen LogP contribution in [-0.4, -0.2) is 123 Å². The molecule has 0 N–H and O–H groups in total. The number of hydrogen-bond acceptors (Lipinski definition) is 0. The van der Waals surface area contributed by atoms with Gasteiger partial charge in [-0.3, -0.25) is 0 Å². The first kappa shape index (κ1) is 59.1. The van der Waals surface area contributed by atoms with Crippen LogP contribution in [-0.2, 0) is 0 Å². The minimum Gasteiger partial charge on any atom is -1.00 e. The first-order valence-corrected chi connectivity index (χ1v) is 16.4. The molecular weight excluding hydrogens is 516 g/mol. The third kappa shape index (κ3) is 22.2. The highest BCUT2D eigenvalue weighted by Gasteiger charge is 2.18. The zero-order valence-corrected chi connectivity index (χ0v) is 30.6. The Morgan fingerprint density at radius 1 is 0.175 bits per heavy atom. The van der Waals surface area contributed by atoms with E-state index < -0.39 is 0 Å². The fourth-order valence-corrected chi connectivity index (χ4v) is 5.37. The van der Waals surface area contributed by atoms with Crippen molar-refractivity contribution in [3.8, 4) is 0 Å². The summed E-state index contributed by atoms with van der Waals surface area (Å²) >= 11 is 0. The van der Waals surface area contributed by atoms with Gasteiger partial charge in [-0.15, -0.1) is 0 Å². The van der Waals surface area contributed by atoms with E-state index in [0.717, 1.165) is 0 Å². The van der Waals surface area contributed by atoms with Crippen LogP contribution in [0.4, 0.5) is 0 Å². The van der Waals surface area contributed by atoms with Crippen molar-refractivity contribution in [1.82, 2.24) is 0 Å². The van der Waals surface area contributed by atoms with Gasteiger partial charge in [0.25, 0.3) is 0 Å². The topological polar surface area (TPSA) is 0 Å². The summed E-state index contributed by atoms with van der Waals surface area (Å²) < 4.78 is 5.11. The van der Waals surface area contributed by atoms with Crippen LogP contribution in [0.2, 0.25) is 0 Å². The molecule has 0 amide bonds. The summed E-state index contributed by atoms with van der Waals surface area (Å²) in [4.78, 5) is 0. The van der Waals surface area contributed by atoms with Gasteiger partial charge in [0, 0.05) is 0 Å². The van der Waals surface area contributed by atoms with Crippen LogP contribution in [0, 0.1) is 0 Å². The smallest absolute Gasteiger partial charge is 0.0757 e. The standard InChI is InChI=1S/4C8H20N.4FH/c4*1-5-9(6-2,7-3)8-4;;;;/h4*5-8H2,1-4H3;4*1H/q4*+1;;;;/p-4. The minimum atomic E-state index is 0. The summed E-state index contributed by atoms with van der Waals surface area (Å²) in [5.74, 6) is 0. The fourth-order valence-electron chi connectivity index (χ4n) is 5.37. The lowest BCUT2D eigenvalue weighted by atomic mass is 10.3. The maximum atomic E-state index is 2.27. The molecule has 0 aromatic carbocycles. The predicted octanol–water partition coefficient (Wildman–Crippen LogP) is -4.45. The van der Waals surface area contributed by atoms with Gasteiger partial charge >= 0.3 is 0 Å². The van der Waals surface area contributed by atoms with Gasteiger partial charge in [0.2, 0.25) is 0 Å². The van der Waals surface area contributed by atoms with E-state index in [-0.39, 0.29) is 18.8 Å². The van der Waals surface area contributed by atoms with E-state index >= 15 is 0 Å². The van der Waals surface area contributed by atoms with Gasteiger partial charge in [0.05, 0.1) is 105 Å². The summed E-state index contributed by atoms with van der Waals surface area (Å²) in [7, 11) is 0. The molecule has 0 saturated heterocycles. The van der Waals surface area contributed by atoms with Crippen LogP contribution >= 0.6 is 0 Å². The second-order valence-corrected chi connectivity index (χ2v) is 10.4. The Balaban J connectivity index is -0.0000000551. The number of nitrogens with zero attached hydrogens (tertiary/aromatic N) is 4. The molecule has 0 aliphatic heterocycles. The van der Waals surface area contributed by atoms with Crippen LogP contribution in [0.5, 0.6) is 0 Å². The van der Waals surface area contributed by atoms with Crippen molar-refractivity contribution in [2.24, 2.45) is 0 Å². The van der Waals surface area contributed by atoms with Crippen molar-refractivity contribution in [3.63, 3.8) is 0 Å². The van der Waals surface area contributed by atoms with Gasteiger partial charge < -0.3 is 36.7 Å². The molecule has 0 radical (unpaired) electrons. The fraction of sp³-hybridized carbons (Fsp3) is 1.00. The first-order valence-electron chi connectivity index (χ1n) is 16.4. The van der Waals surface area contributed by atoms with Gasteiger partial charge in [-0.1, -0.05) is 0 Å². The van der Waals surface area contributed by atoms with Crippen LogP contribution in [0.3, 0.4) is 0 Å². The maximum absolute atomic E-state index is 2.27. The summed E-state index contributed by atoms with van der Waals surface area (Å²) in [6.07, 6.45) is 0. The maximum Gasteiger partial charge on any atom is 0.0757 e. The van der Waals surface area contributed by atoms with Crippen LogP contribution < -0.4 is 18.8 Å². The van der Waals surface area contributed by atoms with E-state index in [4.69, 9.17) is 0 Å². The highest BCUT2D eigenvalue weighted by Crippen LogP contribution is 2.05. The third-order valence-electron chi connectivity index (χ3n) is 10.7. The Morgan fingerprint density at radius 2 is 0.225 bits per heavy atom. The van der Waals surface area contributed by atoms with Crippen molar-refractivity contribution in [1.29, 1.82) is 0 Å². The van der Waals surface area contributed by atoms with Crippen LogP contribution in [0.15, 0.2) is 0 Å². The van der Waals surface area contributed by atoms with Gasteiger partial charge in [-0.2, -0.15) is 0 Å². The molecule has 0 unspecified atom stereocenters. The second kappa shape index (κ2) is 34.8. The van der Waals surface area contributed by atoms with E-state index in [0.29, 0.717) is 0 Å². The highest BCUT2D eigenvalue weighted by atomic mass is 19.0. The average Bonchev–Trinajstić information content (AvgIpc) is 2.96. The van der Waals surface area contributed by atoms with Crippen molar-refractivity contribution in [3.05, 3.63) is 0 Å². The summed E-state index contributed by atoms with van der Waals surface area (Å²) in [6, 6.07) is 0. The van der Waals surface area contributed by atoms with Gasteiger partial charge in [-0.05, 0) is 111 Å². The molecule has 0 fully saturated rings. The molecule has 256 valence electrons. The lowest BCUT2D eigenvalue weighted by Crippen LogP contribution is -3.00. The zero-order chi connectivity index (χ0) is 29.3. The van der Waals surface area contributed by atoms with Crippen molar-refractivity contribution in [2.45, 2.75) is 111 Å². The molecule has 0 aromatic heterocycles. The van der Waals surface area contributed by atoms with E-state index in [1.54, 1.807) is 0 Å². The third-order valence-corrected chi connectivity index (χ3v) is 10.7. The lowest BCUT2D eigenvalue weighted by molar-refractivity contribution is -0.921. The largest absolute Gasteiger partial charge is 1.00 e. The summed E-state index contributed by atoms with van der Waals surface area (Å²) in [6.45, 7) is 56.9. The first-order chi connectivity index (χ1) is 17.0. The molecule has 40 heavy (non-hydrogen) atoms. The average molecular weight is 597 g/mol. The molecule has 0 spiro atoms. The highest BCUT2D eigenvalue weighted by molar-refractivity contribution is 4.33. The molecule has 0 bridgehead atoms. The number of rotatable bonds is 16. The summed E-state index contributed by atoms with van der Waals surface area (Å²) in [5, 5.41) is 0. The monoisotopic (exact) mass is 597 g/mol. The molecule has 0 aliphatic carbocycles. The molecule has 0 aromatic rings. The molecule has 8 heteroatoms. The van der Waals surface area contributed by atoms with Gasteiger partial charge in [0.15, 0.2) is 0 Å². The molecule has 0 heterocycles. The second-order valence-electron chi connectivity index (χ2n) is 10.4. The van der Waals surface area contributed by atoms with Gasteiger partial charge in [0.1, 0.15) is 0 Å².